The van der Waals surface area contributed by atoms with Gasteiger partial charge < -0.3 is 5.11 Å². The van der Waals surface area contributed by atoms with Gasteiger partial charge in [-0.2, -0.15) is 10.4 Å². The van der Waals surface area contributed by atoms with Crippen molar-refractivity contribution < 1.29 is 9.90 Å². The monoisotopic (exact) mass is 359 g/mol. The number of nitriles is 1. The summed E-state index contributed by atoms with van der Waals surface area (Å²) in [6.07, 6.45) is 2.85. The van der Waals surface area contributed by atoms with Crippen LogP contribution >= 0.6 is 0 Å². The van der Waals surface area contributed by atoms with Crippen LogP contribution in [0.25, 0.3) is 11.1 Å². The van der Waals surface area contributed by atoms with E-state index in [1.54, 1.807) is 16.8 Å². The summed E-state index contributed by atoms with van der Waals surface area (Å²) in [5.41, 5.74) is 4.58. The molecule has 1 heterocycles. The second-order valence-corrected chi connectivity index (χ2v) is 6.44. The zero-order valence-corrected chi connectivity index (χ0v) is 15.2. The first kappa shape index (κ1) is 18.4. The second-order valence-electron chi connectivity index (χ2n) is 6.44. The van der Waals surface area contributed by atoms with Gasteiger partial charge in [0.05, 0.1) is 18.2 Å². The predicted molar refractivity (Wildman–Crippen MR) is 103 cm³/mol. The molecule has 0 bridgehead atoms. The number of unbranched alkanes of at least 4 members (excludes halogenated alkanes) is 1. The third-order valence-corrected chi connectivity index (χ3v) is 4.51. The van der Waals surface area contributed by atoms with Gasteiger partial charge in [-0.05, 0) is 41.7 Å². The van der Waals surface area contributed by atoms with E-state index in [0.29, 0.717) is 12.1 Å². The fourth-order valence-corrected chi connectivity index (χ4v) is 3.05. The van der Waals surface area contributed by atoms with Crippen molar-refractivity contribution in [3.63, 3.8) is 0 Å². The average molecular weight is 359 g/mol. The summed E-state index contributed by atoms with van der Waals surface area (Å²) in [4.78, 5) is 11.3. The molecule has 0 aliphatic heterocycles. The molecule has 136 valence electrons. The SMILES string of the molecule is CCCCc1cc(C(=O)O)nn1Cc1ccc(-c2ccccc2C#N)cc1. The first-order chi connectivity index (χ1) is 13.1. The van der Waals surface area contributed by atoms with Crippen LogP contribution < -0.4 is 0 Å². The third-order valence-electron chi connectivity index (χ3n) is 4.51. The van der Waals surface area contributed by atoms with Gasteiger partial charge in [0.15, 0.2) is 5.69 Å². The molecule has 0 radical (unpaired) electrons. The molecule has 0 spiro atoms. The van der Waals surface area contributed by atoms with Gasteiger partial charge in [-0.1, -0.05) is 55.8 Å². The molecular formula is C22H21N3O2. The number of aryl methyl sites for hydroxylation is 1. The van der Waals surface area contributed by atoms with E-state index in [4.69, 9.17) is 0 Å². The van der Waals surface area contributed by atoms with Gasteiger partial charge in [-0.25, -0.2) is 4.79 Å². The summed E-state index contributed by atoms with van der Waals surface area (Å²) in [6.45, 7) is 2.63. The molecule has 1 aromatic heterocycles. The number of carboxylic acids is 1. The Balaban J connectivity index is 1.84. The van der Waals surface area contributed by atoms with E-state index in [-0.39, 0.29) is 5.69 Å². The molecule has 3 aromatic rings. The van der Waals surface area contributed by atoms with E-state index < -0.39 is 5.97 Å². The van der Waals surface area contributed by atoms with Crippen molar-refractivity contribution in [3.05, 3.63) is 77.1 Å². The zero-order valence-electron chi connectivity index (χ0n) is 15.2. The first-order valence-electron chi connectivity index (χ1n) is 9.01. The minimum Gasteiger partial charge on any atom is -0.476 e. The number of hydrogen-bond acceptors (Lipinski definition) is 3. The minimum atomic E-state index is -1.00. The van der Waals surface area contributed by atoms with Gasteiger partial charge >= 0.3 is 5.97 Å². The molecule has 5 heteroatoms. The summed E-state index contributed by atoms with van der Waals surface area (Å²) in [5.74, 6) is -1.00. The predicted octanol–water partition coefficient (Wildman–Crippen LogP) is 4.51. The lowest BCUT2D eigenvalue weighted by atomic mass is 9.99. The lowest BCUT2D eigenvalue weighted by Gasteiger charge is -2.09. The van der Waals surface area contributed by atoms with Gasteiger partial charge in [0.1, 0.15) is 0 Å². The fraction of sp³-hybridized carbons (Fsp3) is 0.227. The van der Waals surface area contributed by atoms with Crippen LogP contribution in [0.2, 0.25) is 0 Å². The number of aromatic carboxylic acids is 1. The highest BCUT2D eigenvalue weighted by molar-refractivity contribution is 5.85. The molecule has 3 rings (SSSR count). The Morgan fingerprint density at radius 2 is 1.93 bits per heavy atom. The number of rotatable bonds is 7. The molecular weight excluding hydrogens is 338 g/mol. The van der Waals surface area contributed by atoms with Crippen molar-refractivity contribution in [2.45, 2.75) is 32.7 Å². The Bertz CT molecular complexity index is 982. The van der Waals surface area contributed by atoms with Crippen molar-refractivity contribution >= 4 is 5.97 Å². The van der Waals surface area contributed by atoms with Crippen molar-refractivity contribution in [2.24, 2.45) is 0 Å². The highest BCUT2D eigenvalue weighted by atomic mass is 16.4. The van der Waals surface area contributed by atoms with Crippen LogP contribution in [0.3, 0.4) is 0 Å². The Morgan fingerprint density at radius 1 is 1.19 bits per heavy atom. The number of aromatic nitrogens is 2. The number of nitrogens with zero attached hydrogens (tertiary/aromatic N) is 3. The van der Waals surface area contributed by atoms with E-state index in [9.17, 15) is 15.2 Å². The summed E-state index contributed by atoms with van der Waals surface area (Å²) < 4.78 is 1.78. The number of benzene rings is 2. The first-order valence-corrected chi connectivity index (χ1v) is 9.01. The Kier molecular flexibility index (Phi) is 5.68. The lowest BCUT2D eigenvalue weighted by Crippen LogP contribution is -2.07. The fourth-order valence-electron chi connectivity index (χ4n) is 3.05. The van der Waals surface area contributed by atoms with Crippen molar-refractivity contribution in [2.75, 3.05) is 0 Å². The highest BCUT2D eigenvalue weighted by Crippen LogP contribution is 2.24. The van der Waals surface area contributed by atoms with E-state index in [1.807, 2.05) is 42.5 Å². The maximum absolute atomic E-state index is 11.3. The molecule has 0 unspecified atom stereocenters. The summed E-state index contributed by atoms with van der Waals surface area (Å²) >= 11 is 0. The Morgan fingerprint density at radius 3 is 2.59 bits per heavy atom. The normalized spacial score (nSPS) is 10.5. The summed E-state index contributed by atoms with van der Waals surface area (Å²) in [7, 11) is 0. The standard InChI is InChI=1S/C22H21N3O2/c1-2-3-7-19-13-21(22(26)27)24-25(19)15-16-9-11-17(12-10-16)20-8-5-4-6-18(20)14-23/h4-6,8-13H,2-3,7,15H2,1H3,(H,26,27). The Hall–Kier alpha value is -3.39. The van der Waals surface area contributed by atoms with Crippen LogP contribution in [0.15, 0.2) is 54.6 Å². The number of hydrogen-bond donors (Lipinski definition) is 1. The van der Waals surface area contributed by atoms with Gasteiger partial charge in [0.2, 0.25) is 0 Å². The molecule has 27 heavy (non-hydrogen) atoms. The largest absolute Gasteiger partial charge is 0.476 e. The van der Waals surface area contributed by atoms with Crippen LogP contribution in [0.5, 0.6) is 0 Å². The van der Waals surface area contributed by atoms with Crippen LogP contribution in [-0.2, 0) is 13.0 Å². The number of carbonyl (C=O) groups is 1. The lowest BCUT2D eigenvalue weighted by molar-refractivity contribution is 0.0689. The van der Waals surface area contributed by atoms with Crippen LogP contribution in [-0.4, -0.2) is 20.9 Å². The van der Waals surface area contributed by atoms with Gasteiger partial charge in [0, 0.05) is 5.69 Å². The van der Waals surface area contributed by atoms with Crippen molar-refractivity contribution in [1.82, 2.24) is 9.78 Å². The Labute approximate surface area is 158 Å². The van der Waals surface area contributed by atoms with E-state index in [0.717, 1.165) is 41.6 Å². The van der Waals surface area contributed by atoms with Crippen LogP contribution in [0.4, 0.5) is 0 Å². The van der Waals surface area contributed by atoms with Crippen LogP contribution in [0, 0.1) is 11.3 Å². The van der Waals surface area contributed by atoms with Gasteiger partial charge in [0.25, 0.3) is 0 Å². The highest BCUT2D eigenvalue weighted by Gasteiger charge is 2.13. The third kappa shape index (κ3) is 4.24. The second kappa shape index (κ2) is 8.33. The van der Waals surface area contributed by atoms with E-state index in [2.05, 4.69) is 18.1 Å². The van der Waals surface area contributed by atoms with Gasteiger partial charge in [-0.15, -0.1) is 0 Å². The molecule has 0 saturated heterocycles. The summed E-state index contributed by atoms with van der Waals surface area (Å²) in [5, 5.41) is 22.7. The molecule has 0 aliphatic carbocycles. The van der Waals surface area contributed by atoms with Crippen molar-refractivity contribution in [1.29, 1.82) is 5.26 Å². The zero-order chi connectivity index (χ0) is 19.2. The maximum atomic E-state index is 11.3. The number of carboxylic acid groups (broad SMARTS) is 1. The quantitative estimate of drug-likeness (QED) is 0.673. The summed E-state index contributed by atoms with van der Waals surface area (Å²) in [6, 6.07) is 19.4. The maximum Gasteiger partial charge on any atom is 0.356 e. The van der Waals surface area contributed by atoms with E-state index in [1.165, 1.54) is 0 Å². The van der Waals surface area contributed by atoms with E-state index >= 15 is 0 Å². The molecule has 0 fully saturated rings. The van der Waals surface area contributed by atoms with Crippen molar-refractivity contribution in [3.8, 4) is 17.2 Å². The average Bonchev–Trinajstić information content (AvgIpc) is 3.10. The molecule has 0 saturated carbocycles. The molecule has 0 aliphatic rings. The smallest absolute Gasteiger partial charge is 0.356 e. The molecule has 1 N–H and O–H groups in total. The molecule has 5 nitrogen and oxygen atoms in total. The van der Waals surface area contributed by atoms with Gasteiger partial charge in [-0.3, -0.25) is 4.68 Å². The van der Waals surface area contributed by atoms with Crippen LogP contribution in [0.1, 0.15) is 47.1 Å². The topological polar surface area (TPSA) is 78.9 Å². The molecule has 0 atom stereocenters. The minimum absolute atomic E-state index is 0.0840. The molecule has 0 amide bonds. The molecule has 2 aromatic carbocycles.